The van der Waals surface area contributed by atoms with E-state index in [1.54, 1.807) is 24.8 Å². The number of thiazole rings is 1. The van der Waals surface area contributed by atoms with Gasteiger partial charge >= 0.3 is 0 Å². The number of hydrogen-bond acceptors (Lipinski definition) is 6. The van der Waals surface area contributed by atoms with Crippen LogP contribution in [-0.2, 0) is 11.2 Å². The molecular weight excluding hydrogens is 302 g/mol. The number of amides is 1. The minimum atomic E-state index is -0.176. The Morgan fingerprint density at radius 3 is 2.86 bits per heavy atom. The van der Waals surface area contributed by atoms with Crippen LogP contribution in [0.4, 0.5) is 5.13 Å². The van der Waals surface area contributed by atoms with Crippen LogP contribution in [0.15, 0.2) is 46.4 Å². The smallest absolute Gasteiger partial charge is 0.232 e. The van der Waals surface area contributed by atoms with Crippen molar-refractivity contribution >= 4 is 22.4 Å². The van der Waals surface area contributed by atoms with E-state index in [-0.39, 0.29) is 12.3 Å². The lowest BCUT2D eigenvalue weighted by Gasteiger charge is -1.99. The summed E-state index contributed by atoms with van der Waals surface area (Å²) in [6.07, 6.45) is 1.78. The van der Waals surface area contributed by atoms with E-state index in [0.29, 0.717) is 16.6 Å². The minimum absolute atomic E-state index is 0.138. The molecule has 112 valence electrons. The molecular formula is C15H13N3O3S. The predicted octanol–water partition coefficient (Wildman–Crippen LogP) is 2.99. The highest BCUT2D eigenvalue weighted by Crippen LogP contribution is 2.23. The first-order valence-electron chi connectivity index (χ1n) is 6.54. The van der Waals surface area contributed by atoms with Crippen LogP contribution in [0.3, 0.4) is 0 Å². The molecule has 3 aromatic rings. The molecule has 7 heteroatoms. The van der Waals surface area contributed by atoms with E-state index in [9.17, 15) is 4.79 Å². The molecule has 2 heterocycles. The first kappa shape index (κ1) is 14.3. The summed E-state index contributed by atoms with van der Waals surface area (Å²) in [5.74, 6) is 1.20. The summed E-state index contributed by atoms with van der Waals surface area (Å²) in [7, 11) is 1.61. The predicted molar refractivity (Wildman–Crippen MR) is 82.9 cm³/mol. The molecule has 1 aromatic carbocycles. The molecule has 1 N–H and O–H groups in total. The van der Waals surface area contributed by atoms with Crippen molar-refractivity contribution in [2.24, 2.45) is 0 Å². The molecule has 0 aliphatic heterocycles. The zero-order valence-corrected chi connectivity index (χ0v) is 12.6. The average Bonchev–Trinajstić information content (AvgIpc) is 3.19. The third-order valence-corrected chi connectivity index (χ3v) is 3.64. The Labute approximate surface area is 130 Å². The van der Waals surface area contributed by atoms with Crippen LogP contribution < -0.4 is 10.1 Å². The molecule has 0 saturated carbocycles. The second kappa shape index (κ2) is 6.40. The molecule has 22 heavy (non-hydrogen) atoms. The third kappa shape index (κ3) is 3.32. The summed E-state index contributed by atoms with van der Waals surface area (Å²) < 4.78 is 10.4. The van der Waals surface area contributed by atoms with Crippen molar-refractivity contribution in [1.29, 1.82) is 0 Å². The summed E-state index contributed by atoms with van der Waals surface area (Å²) in [5, 5.41) is 9.00. The van der Waals surface area contributed by atoms with Gasteiger partial charge in [0.15, 0.2) is 10.9 Å². The molecule has 0 fully saturated rings. The Bertz CT molecular complexity index is 751. The van der Waals surface area contributed by atoms with Gasteiger partial charge in [-0.2, -0.15) is 0 Å². The number of anilines is 1. The van der Waals surface area contributed by atoms with E-state index >= 15 is 0 Å². The summed E-state index contributed by atoms with van der Waals surface area (Å²) >= 11 is 1.37. The first-order valence-corrected chi connectivity index (χ1v) is 7.42. The highest BCUT2D eigenvalue weighted by atomic mass is 32.1. The van der Waals surface area contributed by atoms with Crippen LogP contribution in [0.2, 0.25) is 0 Å². The monoisotopic (exact) mass is 315 g/mol. The molecule has 3 rings (SSSR count). The topological polar surface area (TPSA) is 77.2 Å². The number of rotatable bonds is 5. The molecule has 0 unspecified atom stereocenters. The fraction of sp³-hybridized carbons (Fsp3) is 0.133. The maximum atomic E-state index is 11.9. The van der Waals surface area contributed by atoms with Crippen molar-refractivity contribution in [3.63, 3.8) is 0 Å². The Morgan fingerprint density at radius 2 is 2.18 bits per heavy atom. The van der Waals surface area contributed by atoms with Gasteiger partial charge in [-0.1, -0.05) is 5.16 Å². The van der Waals surface area contributed by atoms with Crippen molar-refractivity contribution in [3.8, 4) is 17.1 Å². The van der Waals surface area contributed by atoms with Crippen LogP contribution in [0.1, 0.15) is 5.69 Å². The average molecular weight is 315 g/mol. The Hall–Kier alpha value is -2.67. The normalized spacial score (nSPS) is 10.4. The molecule has 2 aromatic heterocycles. The van der Waals surface area contributed by atoms with Crippen LogP contribution in [-0.4, -0.2) is 23.2 Å². The van der Waals surface area contributed by atoms with E-state index in [0.717, 1.165) is 11.3 Å². The van der Waals surface area contributed by atoms with Crippen molar-refractivity contribution in [1.82, 2.24) is 10.1 Å². The first-order chi connectivity index (χ1) is 10.7. The molecule has 0 bridgehead atoms. The van der Waals surface area contributed by atoms with Gasteiger partial charge < -0.3 is 14.6 Å². The van der Waals surface area contributed by atoms with Gasteiger partial charge in [-0.3, -0.25) is 4.79 Å². The third-order valence-electron chi connectivity index (χ3n) is 2.95. The lowest BCUT2D eigenvalue weighted by atomic mass is 10.1. The minimum Gasteiger partial charge on any atom is -0.497 e. The Balaban J connectivity index is 1.66. The lowest BCUT2D eigenvalue weighted by Crippen LogP contribution is -2.14. The molecule has 0 radical (unpaired) electrons. The van der Waals surface area contributed by atoms with Crippen LogP contribution >= 0.6 is 11.3 Å². The molecule has 0 saturated heterocycles. The fourth-order valence-corrected chi connectivity index (χ4v) is 2.44. The van der Waals surface area contributed by atoms with Gasteiger partial charge in [-0.05, 0) is 24.3 Å². The van der Waals surface area contributed by atoms with Gasteiger partial charge in [0.2, 0.25) is 5.91 Å². The summed E-state index contributed by atoms with van der Waals surface area (Å²) in [5.41, 5.74) is 1.44. The number of ether oxygens (including phenoxy) is 1. The zero-order chi connectivity index (χ0) is 15.4. The van der Waals surface area contributed by atoms with Gasteiger partial charge in [-0.25, -0.2) is 4.98 Å². The van der Waals surface area contributed by atoms with Crippen LogP contribution in [0, 0.1) is 0 Å². The second-order valence-electron chi connectivity index (χ2n) is 4.47. The van der Waals surface area contributed by atoms with E-state index < -0.39 is 0 Å². The maximum Gasteiger partial charge on any atom is 0.232 e. The zero-order valence-electron chi connectivity index (χ0n) is 11.8. The van der Waals surface area contributed by atoms with E-state index in [4.69, 9.17) is 9.26 Å². The number of aromatic nitrogens is 2. The van der Waals surface area contributed by atoms with Crippen LogP contribution in [0.25, 0.3) is 11.3 Å². The highest BCUT2D eigenvalue weighted by molar-refractivity contribution is 7.13. The van der Waals surface area contributed by atoms with E-state index in [1.807, 2.05) is 24.3 Å². The van der Waals surface area contributed by atoms with Crippen molar-refractivity contribution < 1.29 is 14.1 Å². The number of nitrogens with one attached hydrogen (secondary N) is 1. The number of hydrogen-bond donors (Lipinski definition) is 1. The van der Waals surface area contributed by atoms with Crippen molar-refractivity contribution in [2.45, 2.75) is 6.42 Å². The van der Waals surface area contributed by atoms with Gasteiger partial charge in [0.05, 0.1) is 19.2 Å². The van der Waals surface area contributed by atoms with Gasteiger partial charge in [0.25, 0.3) is 0 Å². The molecule has 1 amide bonds. The second-order valence-corrected chi connectivity index (χ2v) is 5.37. The Morgan fingerprint density at radius 1 is 1.36 bits per heavy atom. The number of carbonyl (C=O) groups excluding carboxylic acids is 1. The quantitative estimate of drug-likeness (QED) is 0.783. The SMILES string of the molecule is COc1ccc(-c2cc(CC(=O)Nc3nccs3)no2)cc1. The summed E-state index contributed by atoms with van der Waals surface area (Å²) in [6, 6.07) is 9.18. The standard InChI is InChI=1S/C15H13N3O3S/c1-20-12-4-2-10(3-5-12)13-8-11(18-21-13)9-14(19)17-15-16-6-7-22-15/h2-8H,9H2,1H3,(H,16,17,19). The Kier molecular flexibility index (Phi) is 4.15. The number of nitrogens with zero attached hydrogens (tertiary/aromatic N) is 2. The van der Waals surface area contributed by atoms with Crippen molar-refractivity contribution in [2.75, 3.05) is 12.4 Å². The molecule has 6 nitrogen and oxygen atoms in total. The number of methoxy groups -OCH3 is 1. The molecule has 0 aliphatic rings. The highest BCUT2D eigenvalue weighted by Gasteiger charge is 2.11. The van der Waals surface area contributed by atoms with Gasteiger partial charge in [-0.15, -0.1) is 11.3 Å². The lowest BCUT2D eigenvalue weighted by molar-refractivity contribution is -0.115. The number of benzene rings is 1. The van der Waals surface area contributed by atoms with E-state index in [2.05, 4.69) is 15.5 Å². The fourth-order valence-electron chi connectivity index (χ4n) is 1.90. The summed E-state index contributed by atoms with van der Waals surface area (Å²) in [6.45, 7) is 0. The van der Waals surface area contributed by atoms with Gasteiger partial charge in [0, 0.05) is 23.2 Å². The number of carbonyl (C=O) groups is 1. The molecule has 0 atom stereocenters. The summed E-state index contributed by atoms with van der Waals surface area (Å²) in [4.78, 5) is 15.9. The van der Waals surface area contributed by atoms with Crippen molar-refractivity contribution in [3.05, 3.63) is 47.6 Å². The largest absolute Gasteiger partial charge is 0.497 e. The van der Waals surface area contributed by atoms with Gasteiger partial charge in [0.1, 0.15) is 5.75 Å². The van der Waals surface area contributed by atoms with Crippen LogP contribution in [0.5, 0.6) is 5.75 Å². The van der Waals surface area contributed by atoms with E-state index in [1.165, 1.54) is 11.3 Å². The molecule has 0 spiro atoms. The maximum absolute atomic E-state index is 11.9. The molecule has 0 aliphatic carbocycles.